The fourth-order valence-electron chi connectivity index (χ4n) is 0.789. The van der Waals surface area contributed by atoms with Crippen LogP contribution in [0.4, 0.5) is 13.2 Å². The zero-order chi connectivity index (χ0) is 9.90. The second-order valence-electron chi connectivity index (χ2n) is 2.22. The standard InChI is InChI=1S/C8H4F3NO/c9-8(10,11)6-2-1-3-7(4-6)13-5-12/h1-4H. The van der Waals surface area contributed by atoms with Gasteiger partial charge in [0.2, 0.25) is 0 Å². The van der Waals surface area contributed by atoms with Crippen LogP contribution in [0.2, 0.25) is 0 Å². The maximum atomic E-state index is 12.1. The summed E-state index contributed by atoms with van der Waals surface area (Å²) in [6.45, 7) is 0. The van der Waals surface area contributed by atoms with Gasteiger partial charge in [-0.3, -0.25) is 0 Å². The lowest BCUT2D eigenvalue weighted by molar-refractivity contribution is -0.137. The lowest BCUT2D eigenvalue weighted by atomic mass is 10.2. The lowest BCUT2D eigenvalue weighted by Gasteiger charge is -2.06. The third-order valence-electron chi connectivity index (χ3n) is 1.32. The van der Waals surface area contributed by atoms with Gasteiger partial charge in [0.25, 0.3) is 6.26 Å². The minimum Gasteiger partial charge on any atom is -0.388 e. The molecule has 0 spiro atoms. The van der Waals surface area contributed by atoms with Crippen LogP contribution in [0.15, 0.2) is 24.3 Å². The van der Waals surface area contributed by atoms with Crippen LogP contribution >= 0.6 is 0 Å². The van der Waals surface area contributed by atoms with E-state index >= 15 is 0 Å². The van der Waals surface area contributed by atoms with Crippen LogP contribution in [0.3, 0.4) is 0 Å². The van der Waals surface area contributed by atoms with Crippen molar-refractivity contribution in [3.63, 3.8) is 0 Å². The summed E-state index contributed by atoms with van der Waals surface area (Å²) in [6, 6.07) is 4.13. The summed E-state index contributed by atoms with van der Waals surface area (Å²) in [4.78, 5) is 0. The summed E-state index contributed by atoms with van der Waals surface area (Å²) < 4.78 is 40.5. The predicted molar refractivity (Wildman–Crippen MR) is 37.7 cm³/mol. The first kappa shape index (κ1) is 9.39. The van der Waals surface area contributed by atoms with Crippen LogP contribution in [-0.2, 0) is 6.18 Å². The number of alkyl halides is 3. The molecular weight excluding hydrogens is 183 g/mol. The lowest BCUT2D eigenvalue weighted by Crippen LogP contribution is -2.04. The van der Waals surface area contributed by atoms with E-state index < -0.39 is 11.7 Å². The van der Waals surface area contributed by atoms with Crippen LogP contribution in [0.1, 0.15) is 5.56 Å². The maximum absolute atomic E-state index is 12.1. The van der Waals surface area contributed by atoms with E-state index in [1.54, 1.807) is 0 Å². The summed E-state index contributed by atoms with van der Waals surface area (Å²) >= 11 is 0. The fourth-order valence-corrected chi connectivity index (χ4v) is 0.789. The van der Waals surface area contributed by atoms with Crippen molar-refractivity contribution in [2.75, 3.05) is 0 Å². The quantitative estimate of drug-likeness (QED) is 0.633. The van der Waals surface area contributed by atoms with Gasteiger partial charge in [-0.15, -0.1) is 5.26 Å². The molecule has 0 saturated heterocycles. The number of hydrogen-bond donors (Lipinski definition) is 0. The summed E-state index contributed by atoms with van der Waals surface area (Å²) in [7, 11) is 0. The van der Waals surface area contributed by atoms with Gasteiger partial charge < -0.3 is 4.74 Å². The molecule has 0 bridgehead atoms. The Labute approximate surface area is 72.2 Å². The zero-order valence-corrected chi connectivity index (χ0v) is 6.30. The van der Waals surface area contributed by atoms with Gasteiger partial charge in [0.1, 0.15) is 5.75 Å². The highest BCUT2D eigenvalue weighted by molar-refractivity contribution is 5.30. The van der Waals surface area contributed by atoms with E-state index in [9.17, 15) is 13.2 Å². The molecule has 2 nitrogen and oxygen atoms in total. The van der Waals surface area contributed by atoms with E-state index in [0.717, 1.165) is 12.1 Å². The molecule has 0 radical (unpaired) electrons. The monoisotopic (exact) mass is 187 g/mol. The molecule has 1 aromatic rings. The first-order chi connectivity index (χ1) is 6.04. The molecule has 68 valence electrons. The number of hydrogen-bond acceptors (Lipinski definition) is 2. The molecule has 0 unspecified atom stereocenters. The average molecular weight is 187 g/mol. The molecule has 0 heterocycles. The molecule has 5 heteroatoms. The van der Waals surface area contributed by atoms with Gasteiger partial charge in [0, 0.05) is 0 Å². The molecule has 0 aliphatic rings. The van der Waals surface area contributed by atoms with Gasteiger partial charge in [-0.05, 0) is 18.2 Å². The summed E-state index contributed by atoms with van der Waals surface area (Å²) in [5, 5.41) is 8.06. The van der Waals surface area contributed by atoms with Crippen molar-refractivity contribution < 1.29 is 17.9 Å². The maximum Gasteiger partial charge on any atom is 0.416 e. The third-order valence-corrected chi connectivity index (χ3v) is 1.32. The van der Waals surface area contributed by atoms with Gasteiger partial charge in [0.15, 0.2) is 0 Å². The Morgan fingerprint density at radius 1 is 1.31 bits per heavy atom. The van der Waals surface area contributed by atoms with Crippen LogP contribution in [0.5, 0.6) is 5.75 Å². The van der Waals surface area contributed by atoms with Crippen molar-refractivity contribution in [3.05, 3.63) is 29.8 Å². The summed E-state index contributed by atoms with van der Waals surface area (Å²) in [5.41, 5.74) is -0.833. The molecule has 1 aromatic carbocycles. The molecule has 0 saturated carbocycles. The Morgan fingerprint density at radius 3 is 2.54 bits per heavy atom. The molecule has 1 rings (SSSR count). The molecule has 0 aliphatic heterocycles. The van der Waals surface area contributed by atoms with Crippen LogP contribution in [-0.4, -0.2) is 0 Å². The first-order valence-corrected chi connectivity index (χ1v) is 3.27. The number of halogens is 3. The summed E-state index contributed by atoms with van der Waals surface area (Å²) in [6.07, 6.45) is -3.11. The van der Waals surface area contributed by atoms with Crippen molar-refractivity contribution in [2.24, 2.45) is 0 Å². The van der Waals surface area contributed by atoms with Crippen LogP contribution < -0.4 is 4.74 Å². The Balaban J connectivity index is 3.00. The normalized spacial score (nSPS) is 10.6. The second-order valence-corrected chi connectivity index (χ2v) is 2.22. The number of nitrogens with zero attached hydrogens (tertiary/aromatic N) is 1. The predicted octanol–water partition coefficient (Wildman–Crippen LogP) is 2.57. The van der Waals surface area contributed by atoms with Gasteiger partial charge in [-0.2, -0.15) is 13.2 Å². The van der Waals surface area contributed by atoms with Gasteiger partial charge >= 0.3 is 6.18 Å². The largest absolute Gasteiger partial charge is 0.416 e. The van der Waals surface area contributed by atoms with Crippen LogP contribution in [0, 0.1) is 11.5 Å². The van der Waals surface area contributed by atoms with Gasteiger partial charge in [-0.25, -0.2) is 0 Å². The number of nitriles is 1. The van der Waals surface area contributed by atoms with E-state index in [1.807, 2.05) is 0 Å². The third kappa shape index (κ3) is 2.37. The molecular formula is C8H4F3NO. The molecule has 0 aromatic heterocycles. The number of rotatable bonds is 1. The number of ether oxygens (including phenoxy) is 1. The van der Waals surface area contributed by atoms with E-state index in [1.165, 1.54) is 18.4 Å². The minimum absolute atomic E-state index is 0.114. The Morgan fingerprint density at radius 2 is 2.00 bits per heavy atom. The molecule has 0 amide bonds. The zero-order valence-electron chi connectivity index (χ0n) is 6.30. The SMILES string of the molecule is N#COc1cccc(C(F)(F)F)c1. The number of benzene rings is 1. The van der Waals surface area contributed by atoms with Gasteiger partial charge in [-0.1, -0.05) is 6.07 Å². The second kappa shape index (κ2) is 3.35. The topological polar surface area (TPSA) is 33.0 Å². The van der Waals surface area contributed by atoms with Crippen LogP contribution in [0.25, 0.3) is 0 Å². The van der Waals surface area contributed by atoms with Crippen molar-refractivity contribution >= 4 is 0 Å². The van der Waals surface area contributed by atoms with E-state index in [-0.39, 0.29) is 5.75 Å². The van der Waals surface area contributed by atoms with Crippen molar-refractivity contribution in [2.45, 2.75) is 6.18 Å². The van der Waals surface area contributed by atoms with Crippen molar-refractivity contribution in [1.29, 1.82) is 5.26 Å². The highest BCUT2D eigenvalue weighted by Gasteiger charge is 2.30. The Bertz CT molecular complexity index is 340. The molecule has 0 atom stereocenters. The minimum atomic E-state index is -4.41. The van der Waals surface area contributed by atoms with E-state index in [0.29, 0.717) is 0 Å². The fraction of sp³-hybridized carbons (Fsp3) is 0.125. The van der Waals surface area contributed by atoms with E-state index in [4.69, 9.17) is 5.26 Å². The highest BCUT2D eigenvalue weighted by Crippen LogP contribution is 2.31. The molecule has 0 aliphatic carbocycles. The van der Waals surface area contributed by atoms with E-state index in [2.05, 4.69) is 4.74 Å². The van der Waals surface area contributed by atoms with Crippen molar-refractivity contribution in [3.8, 4) is 12.0 Å². The van der Waals surface area contributed by atoms with Crippen molar-refractivity contribution in [1.82, 2.24) is 0 Å². The van der Waals surface area contributed by atoms with Gasteiger partial charge in [0.05, 0.1) is 5.56 Å². The smallest absolute Gasteiger partial charge is 0.388 e. The first-order valence-electron chi connectivity index (χ1n) is 3.27. The molecule has 0 fully saturated rings. The Hall–Kier alpha value is -1.70. The summed E-state index contributed by atoms with van der Waals surface area (Å²) in [5.74, 6) is -0.114. The Kier molecular flexibility index (Phi) is 2.42. The molecule has 0 N–H and O–H groups in total. The molecule has 13 heavy (non-hydrogen) atoms. The highest BCUT2D eigenvalue weighted by atomic mass is 19.4. The average Bonchev–Trinajstić information content (AvgIpc) is 2.04.